The van der Waals surface area contributed by atoms with Crippen LogP contribution in [0.3, 0.4) is 0 Å². The Kier molecular flexibility index (Phi) is 4.19. The summed E-state index contributed by atoms with van der Waals surface area (Å²) < 4.78 is 5.53. The lowest BCUT2D eigenvalue weighted by molar-refractivity contribution is -0.139. The van der Waals surface area contributed by atoms with Gasteiger partial charge in [-0.3, -0.25) is 10.1 Å². The summed E-state index contributed by atoms with van der Waals surface area (Å²) in [7, 11) is 0. The number of nitrogens with one attached hydrogen (secondary N) is 1. The smallest absolute Gasteiger partial charge is 0.320 e. The number of hydrogen-bond donors (Lipinski definition) is 2. The van der Waals surface area contributed by atoms with Crippen molar-refractivity contribution in [2.75, 3.05) is 0 Å². The molecule has 5 nitrogen and oxygen atoms in total. The molecule has 1 heterocycles. The van der Waals surface area contributed by atoms with Gasteiger partial charge in [0, 0.05) is 10.6 Å². The summed E-state index contributed by atoms with van der Waals surface area (Å²) in [4.78, 5) is 14.7. The van der Waals surface area contributed by atoms with Gasteiger partial charge in [0.1, 0.15) is 6.04 Å². The minimum atomic E-state index is -0.915. The van der Waals surface area contributed by atoms with Crippen molar-refractivity contribution in [2.45, 2.75) is 19.5 Å². The second-order valence-electron chi connectivity index (χ2n) is 4.07. The summed E-state index contributed by atoms with van der Waals surface area (Å²) >= 11 is 5.90. The second-order valence-corrected chi connectivity index (χ2v) is 4.51. The van der Waals surface area contributed by atoms with E-state index in [1.807, 2.05) is 12.1 Å². The fraction of sp³-hybridized carbons (Fsp3) is 0.231. The van der Waals surface area contributed by atoms with Crippen LogP contribution < -0.4 is 5.32 Å². The summed E-state index contributed by atoms with van der Waals surface area (Å²) in [5, 5.41) is 12.2. The fourth-order valence-electron chi connectivity index (χ4n) is 1.49. The highest BCUT2D eigenvalue weighted by atomic mass is 35.5. The van der Waals surface area contributed by atoms with Crippen LogP contribution in [0.5, 0.6) is 0 Å². The van der Waals surface area contributed by atoms with Gasteiger partial charge in [0.25, 0.3) is 0 Å². The molecule has 0 fully saturated rings. The summed E-state index contributed by atoms with van der Waals surface area (Å²) in [5.74, 6) is 0.118. The Morgan fingerprint density at radius 1 is 1.58 bits per heavy atom. The first-order chi connectivity index (χ1) is 9.06. The van der Waals surface area contributed by atoms with E-state index in [9.17, 15) is 4.79 Å². The molecule has 0 saturated heterocycles. The third-order valence-corrected chi connectivity index (χ3v) is 2.83. The van der Waals surface area contributed by atoms with Gasteiger partial charge in [0.2, 0.25) is 5.89 Å². The average Bonchev–Trinajstić information content (AvgIpc) is 2.84. The molecule has 2 aromatic rings. The van der Waals surface area contributed by atoms with Gasteiger partial charge in [-0.2, -0.15) is 0 Å². The third kappa shape index (κ3) is 3.56. The van der Waals surface area contributed by atoms with E-state index in [-0.39, 0.29) is 6.54 Å². The highest BCUT2D eigenvalue weighted by Crippen LogP contribution is 2.23. The molecule has 100 valence electrons. The summed E-state index contributed by atoms with van der Waals surface area (Å²) in [6.07, 6.45) is 1.59. The van der Waals surface area contributed by atoms with E-state index in [1.54, 1.807) is 25.3 Å². The number of rotatable bonds is 5. The number of carboxylic acid groups (broad SMARTS) is 1. The molecule has 0 aliphatic heterocycles. The maximum atomic E-state index is 10.7. The van der Waals surface area contributed by atoms with Crippen LogP contribution in [0.25, 0.3) is 11.3 Å². The zero-order valence-electron chi connectivity index (χ0n) is 10.3. The zero-order valence-corrected chi connectivity index (χ0v) is 11.0. The van der Waals surface area contributed by atoms with Crippen LogP contribution in [0.1, 0.15) is 12.8 Å². The molecule has 6 heteroatoms. The lowest BCUT2D eigenvalue weighted by atomic mass is 10.2. The van der Waals surface area contributed by atoms with Gasteiger partial charge in [-0.1, -0.05) is 23.7 Å². The molecule has 0 unspecified atom stereocenters. The highest BCUT2D eigenvalue weighted by molar-refractivity contribution is 6.30. The number of carbonyl (C=O) groups is 1. The molecular weight excluding hydrogens is 268 g/mol. The van der Waals surface area contributed by atoms with E-state index in [1.165, 1.54) is 0 Å². The molecule has 1 aromatic carbocycles. The molecule has 0 saturated carbocycles. The second kappa shape index (κ2) is 5.86. The number of halogens is 1. The van der Waals surface area contributed by atoms with E-state index < -0.39 is 12.0 Å². The van der Waals surface area contributed by atoms with E-state index in [0.717, 1.165) is 5.56 Å². The van der Waals surface area contributed by atoms with Crippen LogP contribution in [-0.2, 0) is 11.3 Å². The molecule has 0 spiro atoms. The molecule has 0 bridgehead atoms. The van der Waals surface area contributed by atoms with Crippen molar-refractivity contribution in [3.8, 4) is 11.3 Å². The number of aliphatic carboxylic acids is 1. The number of oxazole rings is 1. The first-order valence-corrected chi connectivity index (χ1v) is 6.11. The van der Waals surface area contributed by atoms with Gasteiger partial charge in [-0.25, -0.2) is 4.98 Å². The van der Waals surface area contributed by atoms with Gasteiger partial charge >= 0.3 is 5.97 Å². The van der Waals surface area contributed by atoms with E-state index in [4.69, 9.17) is 21.1 Å². The van der Waals surface area contributed by atoms with Gasteiger partial charge < -0.3 is 9.52 Å². The van der Waals surface area contributed by atoms with Crippen LogP contribution in [0.2, 0.25) is 5.02 Å². The van der Waals surface area contributed by atoms with E-state index >= 15 is 0 Å². The summed E-state index contributed by atoms with van der Waals surface area (Å²) in [6, 6.07) is 6.59. The molecule has 0 aliphatic rings. The highest BCUT2D eigenvalue weighted by Gasteiger charge is 2.12. The Morgan fingerprint density at radius 2 is 2.37 bits per heavy atom. The van der Waals surface area contributed by atoms with Crippen LogP contribution >= 0.6 is 11.6 Å². The Balaban J connectivity index is 2.05. The van der Waals surface area contributed by atoms with Gasteiger partial charge in [0.05, 0.1) is 12.7 Å². The Labute approximate surface area is 115 Å². The van der Waals surface area contributed by atoms with Gasteiger partial charge in [-0.05, 0) is 19.1 Å². The minimum absolute atomic E-state index is 0.258. The topological polar surface area (TPSA) is 75.4 Å². The normalized spacial score (nSPS) is 12.3. The van der Waals surface area contributed by atoms with Crippen LogP contribution in [-0.4, -0.2) is 22.1 Å². The SMILES string of the molecule is C[C@@H](NCc1ncc(-c2cccc(Cl)c2)o1)C(=O)O. The molecule has 2 N–H and O–H groups in total. The largest absolute Gasteiger partial charge is 0.480 e. The number of carboxylic acids is 1. The fourth-order valence-corrected chi connectivity index (χ4v) is 1.69. The number of nitrogens with zero attached hydrogens (tertiary/aromatic N) is 1. The maximum absolute atomic E-state index is 10.7. The monoisotopic (exact) mass is 280 g/mol. The quantitative estimate of drug-likeness (QED) is 0.880. The molecule has 1 atom stereocenters. The molecule has 0 radical (unpaired) electrons. The standard InChI is InChI=1S/C13H13ClN2O3/c1-8(13(17)18)15-7-12-16-6-11(19-12)9-3-2-4-10(14)5-9/h2-6,8,15H,7H2,1H3,(H,17,18)/t8-/m1/s1. The van der Waals surface area contributed by atoms with Crippen molar-refractivity contribution in [2.24, 2.45) is 0 Å². The molecule has 19 heavy (non-hydrogen) atoms. The van der Waals surface area contributed by atoms with Gasteiger partial charge in [-0.15, -0.1) is 0 Å². The molecule has 0 aliphatic carbocycles. The molecule has 2 rings (SSSR count). The lowest BCUT2D eigenvalue weighted by Gasteiger charge is -2.05. The van der Waals surface area contributed by atoms with Crippen molar-refractivity contribution < 1.29 is 14.3 Å². The van der Waals surface area contributed by atoms with Crippen molar-refractivity contribution >= 4 is 17.6 Å². The molecule has 1 aromatic heterocycles. The number of aromatic nitrogens is 1. The lowest BCUT2D eigenvalue weighted by Crippen LogP contribution is -2.33. The summed E-state index contributed by atoms with van der Waals surface area (Å²) in [5.41, 5.74) is 0.831. The van der Waals surface area contributed by atoms with Gasteiger partial charge in [0.15, 0.2) is 5.76 Å². The van der Waals surface area contributed by atoms with Crippen LogP contribution in [0.4, 0.5) is 0 Å². The summed E-state index contributed by atoms with van der Waals surface area (Å²) in [6.45, 7) is 1.82. The third-order valence-electron chi connectivity index (χ3n) is 2.59. The molecular formula is C13H13ClN2O3. The Hall–Kier alpha value is -1.85. The van der Waals surface area contributed by atoms with Crippen LogP contribution in [0.15, 0.2) is 34.9 Å². The zero-order chi connectivity index (χ0) is 13.8. The predicted octanol–water partition coefficient (Wildman–Crippen LogP) is 2.56. The van der Waals surface area contributed by atoms with E-state index in [2.05, 4.69) is 10.3 Å². The van der Waals surface area contributed by atoms with Crippen molar-refractivity contribution in [1.82, 2.24) is 10.3 Å². The van der Waals surface area contributed by atoms with Crippen LogP contribution in [0, 0.1) is 0 Å². The first kappa shape index (κ1) is 13.6. The molecule has 0 amide bonds. The predicted molar refractivity (Wildman–Crippen MR) is 70.9 cm³/mol. The average molecular weight is 281 g/mol. The Morgan fingerprint density at radius 3 is 3.05 bits per heavy atom. The number of hydrogen-bond acceptors (Lipinski definition) is 4. The van der Waals surface area contributed by atoms with Crippen molar-refractivity contribution in [3.05, 3.63) is 41.4 Å². The van der Waals surface area contributed by atoms with Crippen molar-refractivity contribution in [3.63, 3.8) is 0 Å². The maximum Gasteiger partial charge on any atom is 0.320 e. The van der Waals surface area contributed by atoms with Crippen molar-refractivity contribution in [1.29, 1.82) is 0 Å². The first-order valence-electron chi connectivity index (χ1n) is 5.73. The Bertz CT molecular complexity index is 583. The number of benzene rings is 1. The minimum Gasteiger partial charge on any atom is -0.480 e. The van der Waals surface area contributed by atoms with E-state index in [0.29, 0.717) is 16.7 Å².